The van der Waals surface area contributed by atoms with Crippen molar-refractivity contribution < 1.29 is 19.4 Å². The highest BCUT2D eigenvalue weighted by Gasteiger charge is 2.31. The number of rotatable bonds is 5. The first-order valence-corrected chi connectivity index (χ1v) is 5.85. The van der Waals surface area contributed by atoms with E-state index in [0.717, 1.165) is 6.42 Å². The minimum absolute atomic E-state index is 0.0172. The second-order valence-electron chi connectivity index (χ2n) is 4.28. The molecule has 0 aliphatic carbocycles. The Bertz CT molecular complexity index is 283. The fourth-order valence-corrected chi connectivity index (χ4v) is 1.87. The summed E-state index contributed by atoms with van der Waals surface area (Å²) in [5.41, 5.74) is 0. The van der Waals surface area contributed by atoms with Crippen molar-refractivity contribution in [3.63, 3.8) is 0 Å². The van der Waals surface area contributed by atoms with Crippen molar-refractivity contribution in [3.05, 3.63) is 0 Å². The van der Waals surface area contributed by atoms with E-state index in [-0.39, 0.29) is 12.1 Å². The summed E-state index contributed by atoms with van der Waals surface area (Å²) in [7, 11) is 1.59. The van der Waals surface area contributed by atoms with Gasteiger partial charge in [0.1, 0.15) is 0 Å². The number of carboxylic acid groups (broad SMARTS) is 1. The van der Waals surface area contributed by atoms with Crippen LogP contribution in [-0.2, 0) is 9.53 Å². The van der Waals surface area contributed by atoms with Gasteiger partial charge in [0.25, 0.3) is 0 Å². The summed E-state index contributed by atoms with van der Waals surface area (Å²) < 4.78 is 4.99. The predicted molar refractivity (Wildman–Crippen MR) is 61.8 cm³/mol. The molecule has 0 bridgehead atoms. The van der Waals surface area contributed by atoms with Crippen molar-refractivity contribution in [3.8, 4) is 0 Å². The molecule has 1 aliphatic rings. The summed E-state index contributed by atoms with van der Waals surface area (Å²) in [6, 6.07) is -0.214. The van der Waals surface area contributed by atoms with Crippen LogP contribution in [0.4, 0.5) is 4.79 Å². The van der Waals surface area contributed by atoms with E-state index in [1.54, 1.807) is 12.0 Å². The van der Waals surface area contributed by atoms with Crippen LogP contribution in [-0.4, -0.2) is 54.9 Å². The number of nitrogens with zero attached hydrogens (tertiary/aromatic N) is 1. The molecule has 6 heteroatoms. The summed E-state index contributed by atoms with van der Waals surface area (Å²) >= 11 is 0. The first kappa shape index (κ1) is 13.8. The Balaban J connectivity index is 2.41. The molecule has 1 rings (SSSR count). The molecular weight excluding hydrogens is 224 g/mol. The molecule has 0 aromatic carbocycles. The van der Waals surface area contributed by atoms with Gasteiger partial charge in [-0.25, -0.2) is 4.79 Å². The van der Waals surface area contributed by atoms with Gasteiger partial charge in [0, 0.05) is 20.2 Å². The largest absolute Gasteiger partial charge is 0.481 e. The topological polar surface area (TPSA) is 78.9 Å². The lowest BCUT2D eigenvalue weighted by Gasteiger charge is -2.21. The van der Waals surface area contributed by atoms with E-state index in [9.17, 15) is 9.59 Å². The van der Waals surface area contributed by atoms with Gasteiger partial charge in [0.05, 0.1) is 18.6 Å². The molecule has 0 spiro atoms. The number of likely N-dealkylation sites (tertiary alicyclic amines) is 1. The van der Waals surface area contributed by atoms with Gasteiger partial charge in [-0.05, 0) is 12.8 Å². The van der Waals surface area contributed by atoms with Gasteiger partial charge in [0.15, 0.2) is 0 Å². The van der Waals surface area contributed by atoms with E-state index in [4.69, 9.17) is 9.84 Å². The Kier molecular flexibility index (Phi) is 5.21. The summed E-state index contributed by atoms with van der Waals surface area (Å²) in [6.07, 6.45) is 1.32. The zero-order valence-electron chi connectivity index (χ0n) is 10.3. The molecule has 1 aliphatic heterocycles. The zero-order chi connectivity index (χ0) is 12.8. The van der Waals surface area contributed by atoms with Crippen LogP contribution >= 0.6 is 0 Å². The molecule has 2 amide bonds. The molecule has 0 radical (unpaired) electrons. The number of amides is 2. The zero-order valence-corrected chi connectivity index (χ0v) is 10.3. The number of carboxylic acids is 1. The average molecular weight is 244 g/mol. The van der Waals surface area contributed by atoms with Crippen LogP contribution in [0, 0.1) is 5.92 Å². The molecule has 2 N–H and O–H groups in total. The van der Waals surface area contributed by atoms with Crippen LogP contribution < -0.4 is 5.32 Å². The van der Waals surface area contributed by atoms with E-state index >= 15 is 0 Å². The third-order valence-electron chi connectivity index (χ3n) is 3.01. The number of urea groups is 1. The number of ether oxygens (including phenoxy) is 1. The Morgan fingerprint density at radius 1 is 1.59 bits per heavy atom. The fraction of sp³-hybridized carbons (Fsp3) is 0.818. The average Bonchev–Trinajstić information content (AvgIpc) is 2.77. The van der Waals surface area contributed by atoms with Crippen LogP contribution in [0.1, 0.15) is 19.8 Å². The lowest BCUT2D eigenvalue weighted by molar-refractivity contribution is -0.141. The first-order valence-electron chi connectivity index (χ1n) is 5.85. The van der Waals surface area contributed by atoms with Crippen molar-refractivity contribution >= 4 is 12.0 Å². The smallest absolute Gasteiger partial charge is 0.317 e. The number of methoxy groups -OCH3 is 1. The van der Waals surface area contributed by atoms with E-state index in [0.29, 0.717) is 26.1 Å². The van der Waals surface area contributed by atoms with Crippen molar-refractivity contribution in [2.24, 2.45) is 5.92 Å². The number of carbonyl (C=O) groups is 2. The van der Waals surface area contributed by atoms with E-state index in [1.807, 2.05) is 6.92 Å². The van der Waals surface area contributed by atoms with Crippen LogP contribution in [0.25, 0.3) is 0 Å². The minimum atomic E-state index is -0.829. The van der Waals surface area contributed by atoms with Crippen LogP contribution in [0.3, 0.4) is 0 Å². The maximum atomic E-state index is 11.8. The van der Waals surface area contributed by atoms with Crippen molar-refractivity contribution in [1.82, 2.24) is 10.2 Å². The maximum absolute atomic E-state index is 11.8. The summed E-state index contributed by atoms with van der Waals surface area (Å²) in [5, 5.41) is 11.7. The van der Waals surface area contributed by atoms with Gasteiger partial charge in [-0.1, -0.05) is 6.92 Å². The quantitative estimate of drug-likeness (QED) is 0.739. The summed E-state index contributed by atoms with van der Waals surface area (Å²) in [6.45, 7) is 3.24. The first-order chi connectivity index (χ1) is 8.08. The van der Waals surface area contributed by atoms with Gasteiger partial charge in [-0.3, -0.25) is 4.79 Å². The van der Waals surface area contributed by atoms with Crippen molar-refractivity contribution in [2.75, 3.05) is 26.8 Å². The number of carbonyl (C=O) groups excluding carboxylic acids is 1. The second kappa shape index (κ2) is 6.44. The lowest BCUT2D eigenvalue weighted by atomic mass is 10.1. The molecule has 0 saturated carbocycles. The Morgan fingerprint density at radius 2 is 2.29 bits per heavy atom. The van der Waals surface area contributed by atoms with Gasteiger partial charge in [0.2, 0.25) is 0 Å². The molecule has 17 heavy (non-hydrogen) atoms. The SMILES string of the molecule is CCC(COC)NC(=O)N1CCC(C(=O)O)C1. The van der Waals surface area contributed by atoms with Gasteiger partial charge >= 0.3 is 12.0 Å². The summed E-state index contributed by atoms with van der Waals surface area (Å²) in [4.78, 5) is 24.1. The van der Waals surface area contributed by atoms with Crippen LogP contribution in [0.5, 0.6) is 0 Å². The van der Waals surface area contributed by atoms with Gasteiger partial charge < -0.3 is 20.1 Å². The van der Waals surface area contributed by atoms with Crippen LogP contribution in [0.15, 0.2) is 0 Å². The highest BCUT2D eigenvalue weighted by molar-refractivity contribution is 5.77. The Hall–Kier alpha value is -1.30. The molecular formula is C11H20N2O4. The minimum Gasteiger partial charge on any atom is -0.481 e. The molecule has 2 atom stereocenters. The van der Waals surface area contributed by atoms with Gasteiger partial charge in [-0.15, -0.1) is 0 Å². The molecule has 6 nitrogen and oxygen atoms in total. The molecule has 0 aromatic heterocycles. The molecule has 1 saturated heterocycles. The van der Waals surface area contributed by atoms with Crippen LogP contribution in [0.2, 0.25) is 0 Å². The monoisotopic (exact) mass is 244 g/mol. The third kappa shape index (κ3) is 3.89. The Labute approximate surface area is 101 Å². The standard InChI is InChI=1S/C11H20N2O4/c1-3-9(7-17-2)12-11(16)13-5-4-8(6-13)10(14)15/h8-9H,3-7H2,1-2H3,(H,12,16)(H,14,15). The normalized spacial score (nSPS) is 21.3. The van der Waals surface area contributed by atoms with E-state index < -0.39 is 11.9 Å². The number of hydrogen-bond donors (Lipinski definition) is 2. The van der Waals surface area contributed by atoms with E-state index in [2.05, 4.69) is 5.32 Å². The van der Waals surface area contributed by atoms with Crippen molar-refractivity contribution in [2.45, 2.75) is 25.8 Å². The molecule has 1 fully saturated rings. The Morgan fingerprint density at radius 3 is 2.76 bits per heavy atom. The van der Waals surface area contributed by atoms with Gasteiger partial charge in [-0.2, -0.15) is 0 Å². The number of hydrogen-bond acceptors (Lipinski definition) is 3. The van der Waals surface area contributed by atoms with Crippen molar-refractivity contribution in [1.29, 1.82) is 0 Å². The molecule has 0 aromatic rings. The predicted octanol–water partition coefficient (Wildman–Crippen LogP) is 0.527. The molecule has 1 heterocycles. The lowest BCUT2D eigenvalue weighted by Crippen LogP contribution is -2.45. The molecule has 98 valence electrons. The summed E-state index contributed by atoms with van der Waals surface area (Å²) in [5.74, 6) is -1.26. The second-order valence-corrected chi connectivity index (χ2v) is 4.28. The highest BCUT2D eigenvalue weighted by atomic mass is 16.5. The fourth-order valence-electron chi connectivity index (χ4n) is 1.87. The maximum Gasteiger partial charge on any atom is 0.317 e. The highest BCUT2D eigenvalue weighted by Crippen LogP contribution is 2.16. The number of aliphatic carboxylic acids is 1. The van der Waals surface area contributed by atoms with E-state index in [1.165, 1.54) is 0 Å². The molecule has 2 unspecified atom stereocenters. The number of nitrogens with one attached hydrogen (secondary N) is 1. The third-order valence-corrected chi connectivity index (χ3v) is 3.01.